The minimum Gasteiger partial charge on any atom is -0.376 e. The summed E-state index contributed by atoms with van der Waals surface area (Å²) in [5.41, 5.74) is 0.561. The molecule has 1 aliphatic heterocycles. The van der Waals surface area contributed by atoms with Gasteiger partial charge in [-0.1, -0.05) is 0 Å². The Morgan fingerprint density at radius 2 is 1.91 bits per heavy atom. The van der Waals surface area contributed by atoms with Crippen LogP contribution in [0.15, 0.2) is 40.2 Å². The van der Waals surface area contributed by atoms with Crippen LogP contribution in [0, 0.1) is 0 Å². The third kappa shape index (κ3) is 2.29. The molecule has 0 bridgehead atoms. The van der Waals surface area contributed by atoms with Crippen molar-refractivity contribution in [2.24, 2.45) is 0 Å². The van der Waals surface area contributed by atoms with Crippen LogP contribution in [0.25, 0.3) is 21.8 Å². The summed E-state index contributed by atoms with van der Waals surface area (Å²) in [6.45, 7) is 1.26. The van der Waals surface area contributed by atoms with Crippen molar-refractivity contribution in [1.82, 2.24) is 14.2 Å². The molecule has 2 N–H and O–H groups in total. The van der Waals surface area contributed by atoms with Crippen LogP contribution in [0.2, 0.25) is 0 Å². The maximum atomic E-state index is 12.7. The predicted molar refractivity (Wildman–Crippen MR) is 86.9 cm³/mol. The minimum absolute atomic E-state index is 0.0693. The van der Waals surface area contributed by atoms with Crippen molar-refractivity contribution in [3.8, 4) is 0 Å². The lowest BCUT2D eigenvalue weighted by Gasteiger charge is -2.12. The maximum Gasteiger partial charge on any atom is 0.278 e. The SMILES string of the molecule is Nn1ccc2nc3ccn(C[C@H]4CCCO4)c(=O)c3cc2c1=O. The zero-order valence-electron chi connectivity index (χ0n) is 12.4. The van der Waals surface area contributed by atoms with Gasteiger partial charge in [-0.25, -0.2) is 9.66 Å². The summed E-state index contributed by atoms with van der Waals surface area (Å²) in [4.78, 5) is 29.2. The van der Waals surface area contributed by atoms with Gasteiger partial charge in [0.05, 0.1) is 34.5 Å². The molecule has 23 heavy (non-hydrogen) atoms. The lowest BCUT2D eigenvalue weighted by atomic mass is 10.2. The Morgan fingerprint density at radius 3 is 2.65 bits per heavy atom. The van der Waals surface area contributed by atoms with Gasteiger partial charge in [-0.15, -0.1) is 0 Å². The van der Waals surface area contributed by atoms with Crippen molar-refractivity contribution >= 4 is 21.8 Å². The molecule has 1 fully saturated rings. The van der Waals surface area contributed by atoms with Crippen LogP contribution in [0.1, 0.15) is 12.8 Å². The van der Waals surface area contributed by atoms with E-state index >= 15 is 0 Å². The van der Waals surface area contributed by atoms with E-state index in [0.29, 0.717) is 28.4 Å². The van der Waals surface area contributed by atoms with E-state index in [9.17, 15) is 9.59 Å². The lowest BCUT2D eigenvalue weighted by molar-refractivity contribution is 0.0963. The fourth-order valence-corrected chi connectivity index (χ4v) is 3.03. The molecule has 0 radical (unpaired) electrons. The maximum absolute atomic E-state index is 12.7. The topological polar surface area (TPSA) is 92.1 Å². The fraction of sp³-hybridized carbons (Fsp3) is 0.312. The molecule has 4 heterocycles. The normalized spacial score (nSPS) is 18.0. The first-order valence-corrected chi connectivity index (χ1v) is 7.56. The Balaban J connectivity index is 1.91. The largest absolute Gasteiger partial charge is 0.376 e. The second kappa shape index (κ2) is 5.20. The van der Waals surface area contributed by atoms with Crippen LogP contribution >= 0.6 is 0 Å². The van der Waals surface area contributed by atoms with Crippen molar-refractivity contribution in [1.29, 1.82) is 0 Å². The zero-order chi connectivity index (χ0) is 16.0. The van der Waals surface area contributed by atoms with E-state index < -0.39 is 0 Å². The number of rotatable bonds is 2. The van der Waals surface area contributed by atoms with Gasteiger partial charge in [-0.05, 0) is 31.0 Å². The molecule has 1 atom stereocenters. The molecule has 0 amide bonds. The van der Waals surface area contributed by atoms with Crippen LogP contribution in [0.4, 0.5) is 0 Å². The molecule has 1 saturated heterocycles. The van der Waals surface area contributed by atoms with E-state index in [4.69, 9.17) is 10.6 Å². The van der Waals surface area contributed by atoms with Gasteiger partial charge in [0, 0.05) is 19.0 Å². The van der Waals surface area contributed by atoms with Gasteiger partial charge < -0.3 is 15.1 Å². The Labute approximate surface area is 130 Å². The summed E-state index contributed by atoms with van der Waals surface area (Å²) in [7, 11) is 0. The average molecular weight is 312 g/mol. The second-order valence-corrected chi connectivity index (χ2v) is 5.79. The number of aromatic nitrogens is 3. The van der Waals surface area contributed by atoms with Crippen LogP contribution in [-0.2, 0) is 11.3 Å². The Bertz CT molecular complexity index is 1020. The van der Waals surface area contributed by atoms with Crippen LogP contribution in [0.3, 0.4) is 0 Å². The monoisotopic (exact) mass is 312 g/mol. The summed E-state index contributed by atoms with van der Waals surface area (Å²) < 4.78 is 8.19. The molecule has 3 aromatic rings. The van der Waals surface area contributed by atoms with Gasteiger partial charge in [0.25, 0.3) is 11.1 Å². The highest BCUT2D eigenvalue weighted by Gasteiger charge is 2.17. The van der Waals surface area contributed by atoms with E-state index in [0.717, 1.165) is 24.1 Å². The molecule has 7 heteroatoms. The first-order valence-electron chi connectivity index (χ1n) is 7.56. The Kier molecular flexibility index (Phi) is 3.16. The average Bonchev–Trinajstić information content (AvgIpc) is 3.06. The standard InChI is InChI=1S/C16H16N4O3/c17-20-6-4-14-12(16(20)22)8-11-13(18-14)3-5-19(15(11)21)9-10-2-1-7-23-10/h3-6,8,10H,1-2,7,9,17H2/t10-/m1/s1. The molecule has 4 rings (SSSR count). The molecule has 0 saturated carbocycles. The number of hydrogen-bond acceptors (Lipinski definition) is 5. The fourth-order valence-electron chi connectivity index (χ4n) is 3.03. The molecular weight excluding hydrogens is 296 g/mol. The summed E-state index contributed by atoms with van der Waals surface area (Å²) in [5, 5.41) is 0.760. The van der Waals surface area contributed by atoms with E-state index in [1.54, 1.807) is 29.0 Å². The van der Waals surface area contributed by atoms with Gasteiger partial charge in [0.1, 0.15) is 0 Å². The minimum atomic E-state index is -0.370. The van der Waals surface area contributed by atoms with E-state index in [-0.39, 0.29) is 17.2 Å². The molecule has 1 aliphatic rings. The van der Waals surface area contributed by atoms with E-state index in [2.05, 4.69) is 4.98 Å². The van der Waals surface area contributed by atoms with Crippen LogP contribution in [-0.4, -0.2) is 26.9 Å². The molecule has 0 unspecified atom stereocenters. The molecule has 0 spiro atoms. The third-order valence-corrected chi connectivity index (χ3v) is 4.27. The molecule has 3 aromatic heterocycles. The lowest BCUT2D eigenvalue weighted by Crippen LogP contribution is -2.28. The Hall–Kier alpha value is -2.67. The molecule has 0 aliphatic carbocycles. The first kappa shape index (κ1) is 14.0. The first-order chi connectivity index (χ1) is 11.1. The molecule has 7 nitrogen and oxygen atoms in total. The van der Waals surface area contributed by atoms with Crippen molar-refractivity contribution in [2.45, 2.75) is 25.5 Å². The molecule has 0 aromatic carbocycles. The number of pyridine rings is 3. The predicted octanol–water partition coefficient (Wildman–Crippen LogP) is 0.604. The van der Waals surface area contributed by atoms with Crippen molar-refractivity contribution in [3.63, 3.8) is 0 Å². The number of nitrogen functional groups attached to an aromatic ring is 1. The highest BCUT2D eigenvalue weighted by Crippen LogP contribution is 2.16. The summed E-state index contributed by atoms with van der Waals surface area (Å²) in [6.07, 6.45) is 5.24. The third-order valence-electron chi connectivity index (χ3n) is 4.27. The number of nitrogens with two attached hydrogens (primary N) is 1. The van der Waals surface area contributed by atoms with Crippen molar-refractivity contribution in [2.75, 3.05) is 12.4 Å². The van der Waals surface area contributed by atoms with Gasteiger partial charge in [-0.2, -0.15) is 0 Å². The van der Waals surface area contributed by atoms with E-state index in [1.165, 1.54) is 6.20 Å². The number of ether oxygens (including phenoxy) is 1. The molecule has 118 valence electrons. The summed E-state index contributed by atoms with van der Waals surface area (Å²) in [5.74, 6) is 5.58. The van der Waals surface area contributed by atoms with Gasteiger partial charge in [0.15, 0.2) is 0 Å². The smallest absolute Gasteiger partial charge is 0.278 e. The van der Waals surface area contributed by atoms with Crippen LogP contribution in [0.5, 0.6) is 0 Å². The summed E-state index contributed by atoms with van der Waals surface area (Å²) >= 11 is 0. The number of hydrogen-bond donors (Lipinski definition) is 1. The zero-order valence-corrected chi connectivity index (χ0v) is 12.4. The summed E-state index contributed by atoms with van der Waals surface area (Å²) in [6, 6.07) is 5.03. The number of fused-ring (bicyclic) bond motifs is 2. The van der Waals surface area contributed by atoms with Crippen molar-refractivity contribution < 1.29 is 4.74 Å². The number of nitrogens with zero attached hydrogens (tertiary/aromatic N) is 3. The highest BCUT2D eigenvalue weighted by atomic mass is 16.5. The van der Waals surface area contributed by atoms with Gasteiger partial charge in [0.2, 0.25) is 0 Å². The van der Waals surface area contributed by atoms with Gasteiger partial charge >= 0.3 is 0 Å². The molecular formula is C16H16N4O3. The van der Waals surface area contributed by atoms with Crippen molar-refractivity contribution in [3.05, 3.63) is 51.3 Å². The van der Waals surface area contributed by atoms with Gasteiger partial charge in [-0.3, -0.25) is 9.59 Å². The van der Waals surface area contributed by atoms with Crippen LogP contribution < -0.4 is 17.0 Å². The highest BCUT2D eigenvalue weighted by molar-refractivity contribution is 5.91. The quantitative estimate of drug-likeness (QED) is 0.553. The second-order valence-electron chi connectivity index (χ2n) is 5.79. The van der Waals surface area contributed by atoms with E-state index in [1.807, 2.05) is 0 Å². The Morgan fingerprint density at radius 1 is 1.17 bits per heavy atom.